The molecule has 0 spiro atoms. The van der Waals surface area contributed by atoms with Crippen LogP contribution in [0, 0.1) is 13.8 Å². The minimum absolute atomic E-state index is 0.262. The number of amides is 1. The summed E-state index contributed by atoms with van der Waals surface area (Å²) in [5, 5.41) is 17.4. The van der Waals surface area contributed by atoms with Crippen molar-refractivity contribution in [1.29, 1.82) is 0 Å². The number of carbonyl (C=O) groups excluding carboxylic acids is 1. The zero-order valence-corrected chi connectivity index (χ0v) is 12.0. The Morgan fingerprint density at radius 3 is 2.70 bits per heavy atom. The normalized spacial score (nSPS) is 22.1. The first-order valence-corrected chi connectivity index (χ1v) is 6.78. The summed E-state index contributed by atoms with van der Waals surface area (Å²) in [6, 6.07) is 1.67. The topological polar surface area (TPSA) is 83.4 Å². The fourth-order valence-electron chi connectivity index (χ4n) is 2.83. The van der Waals surface area contributed by atoms with Crippen LogP contribution < -0.4 is 0 Å². The van der Waals surface area contributed by atoms with E-state index in [-0.39, 0.29) is 5.91 Å². The van der Waals surface area contributed by atoms with E-state index in [0.29, 0.717) is 42.8 Å². The Bertz CT molecular complexity index is 559. The van der Waals surface area contributed by atoms with Gasteiger partial charge >= 0.3 is 5.97 Å². The molecule has 6 heteroatoms. The Morgan fingerprint density at radius 2 is 2.10 bits per heavy atom. The predicted molar refractivity (Wildman–Crippen MR) is 72.4 cm³/mol. The second-order valence-corrected chi connectivity index (χ2v) is 5.24. The van der Waals surface area contributed by atoms with Gasteiger partial charge in [0.25, 0.3) is 5.91 Å². The van der Waals surface area contributed by atoms with Gasteiger partial charge in [-0.2, -0.15) is 10.2 Å². The number of carboxylic acid groups (broad SMARTS) is 1. The molecule has 1 aromatic heterocycles. The molecule has 1 saturated heterocycles. The summed E-state index contributed by atoms with van der Waals surface area (Å²) in [4.78, 5) is 25.8. The fraction of sp³-hybridized carbons (Fsp3) is 0.571. The lowest BCUT2D eigenvalue weighted by molar-refractivity contribution is -0.148. The van der Waals surface area contributed by atoms with Gasteiger partial charge in [-0.1, -0.05) is 6.92 Å². The van der Waals surface area contributed by atoms with E-state index < -0.39 is 11.5 Å². The number of aryl methyl sites for hydroxylation is 2. The number of aromatic nitrogens is 2. The van der Waals surface area contributed by atoms with Crippen LogP contribution >= 0.6 is 0 Å². The van der Waals surface area contributed by atoms with Crippen molar-refractivity contribution in [3.63, 3.8) is 0 Å². The first kappa shape index (κ1) is 14.4. The molecule has 2 rings (SSSR count). The highest BCUT2D eigenvalue weighted by atomic mass is 16.4. The molecule has 1 unspecified atom stereocenters. The zero-order valence-electron chi connectivity index (χ0n) is 12.0. The van der Waals surface area contributed by atoms with Crippen LogP contribution in [0.3, 0.4) is 0 Å². The molecule has 0 bridgehead atoms. The van der Waals surface area contributed by atoms with E-state index in [4.69, 9.17) is 0 Å². The van der Waals surface area contributed by atoms with E-state index in [0.717, 1.165) is 0 Å². The third-order valence-electron chi connectivity index (χ3n) is 4.05. The van der Waals surface area contributed by atoms with Crippen LogP contribution in [0.4, 0.5) is 0 Å². The Kier molecular flexibility index (Phi) is 3.74. The Morgan fingerprint density at radius 1 is 1.40 bits per heavy atom. The van der Waals surface area contributed by atoms with Gasteiger partial charge in [-0.3, -0.25) is 4.79 Å². The molecule has 20 heavy (non-hydrogen) atoms. The Labute approximate surface area is 117 Å². The van der Waals surface area contributed by atoms with Gasteiger partial charge in [-0.05, 0) is 39.2 Å². The summed E-state index contributed by atoms with van der Waals surface area (Å²) in [6.07, 6.45) is 1.62. The molecule has 108 valence electrons. The van der Waals surface area contributed by atoms with E-state index in [1.807, 2.05) is 6.92 Å². The van der Waals surface area contributed by atoms with Crippen molar-refractivity contribution < 1.29 is 14.7 Å². The van der Waals surface area contributed by atoms with Gasteiger partial charge in [-0.25, -0.2) is 4.79 Å². The number of hydrogen-bond donors (Lipinski definition) is 1. The SMILES string of the molecule is CCC1(C(=O)O)CCCN1C(=O)c1cc(C)nnc1C. The van der Waals surface area contributed by atoms with Gasteiger partial charge < -0.3 is 10.0 Å². The second-order valence-electron chi connectivity index (χ2n) is 5.24. The van der Waals surface area contributed by atoms with E-state index in [1.165, 1.54) is 4.90 Å². The first-order valence-electron chi connectivity index (χ1n) is 6.78. The summed E-state index contributed by atoms with van der Waals surface area (Å²) < 4.78 is 0. The minimum Gasteiger partial charge on any atom is -0.479 e. The number of carboxylic acids is 1. The van der Waals surface area contributed by atoms with E-state index in [1.54, 1.807) is 19.9 Å². The molecule has 0 radical (unpaired) electrons. The van der Waals surface area contributed by atoms with Gasteiger partial charge in [0.05, 0.1) is 17.0 Å². The highest BCUT2D eigenvalue weighted by Crippen LogP contribution is 2.34. The molecule has 0 aliphatic carbocycles. The fourth-order valence-corrected chi connectivity index (χ4v) is 2.83. The third kappa shape index (κ3) is 2.15. The monoisotopic (exact) mass is 277 g/mol. The van der Waals surface area contributed by atoms with Crippen LogP contribution in [0.15, 0.2) is 6.07 Å². The lowest BCUT2D eigenvalue weighted by Gasteiger charge is -2.34. The minimum atomic E-state index is -1.08. The number of carbonyl (C=O) groups is 2. The first-order chi connectivity index (χ1) is 9.42. The number of hydrogen-bond acceptors (Lipinski definition) is 4. The summed E-state index contributed by atoms with van der Waals surface area (Å²) >= 11 is 0. The van der Waals surface area contributed by atoms with Crippen LogP contribution in [-0.2, 0) is 4.79 Å². The second kappa shape index (κ2) is 5.19. The van der Waals surface area contributed by atoms with Crippen molar-refractivity contribution in [3.8, 4) is 0 Å². The highest BCUT2D eigenvalue weighted by Gasteiger charge is 2.48. The molecule has 1 aliphatic rings. The predicted octanol–water partition coefficient (Wildman–Crippen LogP) is 1.56. The number of aliphatic carboxylic acids is 1. The van der Waals surface area contributed by atoms with Crippen LogP contribution in [0.2, 0.25) is 0 Å². The van der Waals surface area contributed by atoms with Crippen LogP contribution in [0.5, 0.6) is 0 Å². The standard InChI is InChI=1S/C14H19N3O3/c1-4-14(13(19)20)6-5-7-17(14)12(18)11-8-9(2)15-16-10(11)3/h8H,4-7H2,1-3H3,(H,19,20). The van der Waals surface area contributed by atoms with Crippen molar-refractivity contribution in [1.82, 2.24) is 15.1 Å². The molecule has 1 fully saturated rings. The molecule has 0 aromatic carbocycles. The molecule has 0 saturated carbocycles. The van der Waals surface area contributed by atoms with Crippen molar-refractivity contribution in [2.45, 2.75) is 45.6 Å². The molecule has 6 nitrogen and oxygen atoms in total. The smallest absolute Gasteiger partial charge is 0.329 e. The van der Waals surface area contributed by atoms with Gasteiger partial charge in [0.2, 0.25) is 0 Å². The maximum absolute atomic E-state index is 12.7. The van der Waals surface area contributed by atoms with Crippen LogP contribution in [0.25, 0.3) is 0 Å². The van der Waals surface area contributed by atoms with Gasteiger partial charge in [0.1, 0.15) is 5.54 Å². The molecule has 1 aliphatic heterocycles. The molecule has 1 atom stereocenters. The number of likely N-dealkylation sites (tertiary alicyclic amines) is 1. The van der Waals surface area contributed by atoms with Crippen molar-refractivity contribution in [2.24, 2.45) is 0 Å². The average Bonchev–Trinajstić information content (AvgIpc) is 2.85. The summed E-state index contributed by atoms with van der Waals surface area (Å²) in [5.41, 5.74) is 0.540. The molecular weight excluding hydrogens is 258 g/mol. The Hall–Kier alpha value is -1.98. The molecule has 1 N–H and O–H groups in total. The third-order valence-corrected chi connectivity index (χ3v) is 4.05. The van der Waals surface area contributed by atoms with Gasteiger partial charge in [0.15, 0.2) is 0 Å². The highest BCUT2D eigenvalue weighted by molar-refractivity contribution is 5.99. The zero-order chi connectivity index (χ0) is 14.9. The van der Waals surface area contributed by atoms with Crippen molar-refractivity contribution in [2.75, 3.05) is 6.54 Å². The maximum Gasteiger partial charge on any atom is 0.329 e. The number of nitrogens with zero attached hydrogens (tertiary/aromatic N) is 3. The largest absolute Gasteiger partial charge is 0.479 e. The maximum atomic E-state index is 12.7. The van der Waals surface area contributed by atoms with E-state index >= 15 is 0 Å². The quantitative estimate of drug-likeness (QED) is 0.906. The lowest BCUT2D eigenvalue weighted by Crippen LogP contribution is -2.52. The molecule has 1 amide bonds. The summed E-state index contributed by atoms with van der Waals surface area (Å²) in [7, 11) is 0. The van der Waals surface area contributed by atoms with Crippen molar-refractivity contribution in [3.05, 3.63) is 23.0 Å². The molecule has 2 heterocycles. The summed E-state index contributed by atoms with van der Waals surface area (Å²) in [6.45, 7) is 5.75. The van der Waals surface area contributed by atoms with E-state index in [2.05, 4.69) is 10.2 Å². The van der Waals surface area contributed by atoms with Gasteiger partial charge in [0, 0.05) is 6.54 Å². The van der Waals surface area contributed by atoms with Gasteiger partial charge in [-0.15, -0.1) is 0 Å². The van der Waals surface area contributed by atoms with Crippen LogP contribution in [0.1, 0.15) is 47.9 Å². The van der Waals surface area contributed by atoms with Crippen LogP contribution in [-0.4, -0.2) is 44.2 Å². The lowest BCUT2D eigenvalue weighted by atomic mass is 9.92. The molecular formula is C14H19N3O3. The van der Waals surface area contributed by atoms with E-state index in [9.17, 15) is 14.7 Å². The summed E-state index contributed by atoms with van der Waals surface area (Å²) in [5.74, 6) is -1.19. The average molecular weight is 277 g/mol. The number of rotatable bonds is 3. The Balaban J connectivity index is 2.42. The molecule has 1 aromatic rings. The van der Waals surface area contributed by atoms with Crippen molar-refractivity contribution >= 4 is 11.9 Å².